The Kier molecular flexibility index (Phi) is 5.69. The molecule has 0 saturated carbocycles. The molecule has 0 aromatic carbocycles. The molecule has 3 heteroatoms. The molecule has 88 valence electrons. The maximum absolute atomic E-state index is 10.7. The van der Waals surface area contributed by atoms with E-state index in [4.69, 9.17) is 5.73 Å². The number of primary amides is 1. The SMILES string of the molecule is CCCCN1CCC(CCC(N)=O)CC1. The standard InChI is InChI=1S/C12H24N2O/c1-2-3-8-14-9-6-11(7-10-14)4-5-12(13)15/h11H,2-10H2,1H3,(H2,13,15). The molecule has 0 radical (unpaired) electrons. The fourth-order valence-corrected chi connectivity index (χ4v) is 2.23. The van der Waals surface area contributed by atoms with Crippen molar-refractivity contribution in [2.45, 2.75) is 45.4 Å². The number of hydrogen-bond donors (Lipinski definition) is 1. The average Bonchev–Trinajstić information content (AvgIpc) is 2.25. The van der Waals surface area contributed by atoms with E-state index in [0.717, 1.165) is 12.3 Å². The molecule has 0 aromatic heterocycles. The van der Waals surface area contributed by atoms with Crippen LogP contribution in [-0.2, 0) is 4.79 Å². The Hall–Kier alpha value is -0.570. The van der Waals surface area contributed by atoms with Crippen molar-refractivity contribution in [3.05, 3.63) is 0 Å². The number of unbranched alkanes of at least 4 members (excludes halogenated alkanes) is 1. The lowest BCUT2D eigenvalue weighted by molar-refractivity contribution is -0.118. The van der Waals surface area contributed by atoms with E-state index in [9.17, 15) is 4.79 Å². The van der Waals surface area contributed by atoms with Gasteiger partial charge < -0.3 is 10.6 Å². The van der Waals surface area contributed by atoms with Crippen LogP contribution in [0.5, 0.6) is 0 Å². The van der Waals surface area contributed by atoms with Gasteiger partial charge in [0.05, 0.1) is 0 Å². The Morgan fingerprint density at radius 3 is 2.60 bits per heavy atom. The van der Waals surface area contributed by atoms with Crippen LogP contribution in [0.1, 0.15) is 45.4 Å². The number of nitrogens with two attached hydrogens (primary N) is 1. The van der Waals surface area contributed by atoms with Gasteiger partial charge in [-0.25, -0.2) is 0 Å². The van der Waals surface area contributed by atoms with Gasteiger partial charge in [-0.15, -0.1) is 0 Å². The zero-order valence-electron chi connectivity index (χ0n) is 9.87. The summed E-state index contributed by atoms with van der Waals surface area (Å²) in [5.41, 5.74) is 5.15. The van der Waals surface area contributed by atoms with Gasteiger partial charge in [-0.2, -0.15) is 0 Å². The zero-order chi connectivity index (χ0) is 11.1. The zero-order valence-corrected chi connectivity index (χ0v) is 9.87. The Labute approximate surface area is 93.0 Å². The van der Waals surface area contributed by atoms with Gasteiger partial charge in [0.1, 0.15) is 0 Å². The molecule has 1 amide bonds. The summed E-state index contributed by atoms with van der Waals surface area (Å²) in [7, 11) is 0. The first-order chi connectivity index (χ1) is 7.22. The quantitative estimate of drug-likeness (QED) is 0.729. The van der Waals surface area contributed by atoms with Crippen molar-refractivity contribution in [3.8, 4) is 0 Å². The summed E-state index contributed by atoms with van der Waals surface area (Å²) in [5, 5.41) is 0. The minimum atomic E-state index is -0.150. The molecule has 0 spiro atoms. The van der Waals surface area contributed by atoms with E-state index in [1.165, 1.54) is 45.3 Å². The van der Waals surface area contributed by atoms with Gasteiger partial charge in [-0.05, 0) is 51.2 Å². The Morgan fingerprint density at radius 1 is 1.40 bits per heavy atom. The first kappa shape index (κ1) is 12.5. The number of likely N-dealkylation sites (tertiary alicyclic amines) is 1. The number of amides is 1. The molecule has 0 aromatic rings. The molecule has 1 aliphatic heterocycles. The summed E-state index contributed by atoms with van der Waals surface area (Å²) in [6.07, 6.45) is 6.65. The topological polar surface area (TPSA) is 46.3 Å². The van der Waals surface area contributed by atoms with Crippen molar-refractivity contribution >= 4 is 5.91 Å². The summed E-state index contributed by atoms with van der Waals surface area (Å²) in [6, 6.07) is 0. The third-order valence-electron chi connectivity index (χ3n) is 3.33. The molecule has 2 N–H and O–H groups in total. The minimum absolute atomic E-state index is 0.150. The van der Waals surface area contributed by atoms with Crippen LogP contribution in [0.25, 0.3) is 0 Å². The fraction of sp³-hybridized carbons (Fsp3) is 0.917. The van der Waals surface area contributed by atoms with E-state index in [1.807, 2.05) is 0 Å². The van der Waals surface area contributed by atoms with E-state index in [1.54, 1.807) is 0 Å². The molecule has 1 saturated heterocycles. The number of piperidine rings is 1. The number of carbonyl (C=O) groups is 1. The van der Waals surface area contributed by atoms with Crippen molar-refractivity contribution in [2.75, 3.05) is 19.6 Å². The summed E-state index contributed by atoms with van der Waals surface area (Å²) in [5.74, 6) is 0.582. The van der Waals surface area contributed by atoms with Crippen molar-refractivity contribution in [1.29, 1.82) is 0 Å². The van der Waals surface area contributed by atoms with Gasteiger partial charge >= 0.3 is 0 Å². The number of nitrogens with zero attached hydrogens (tertiary/aromatic N) is 1. The second-order valence-corrected chi connectivity index (χ2v) is 4.64. The van der Waals surface area contributed by atoms with Gasteiger partial charge in [0, 0.05) is 6.42 Å². The van der Waals surface area contributed by atoms with Gasteiger partial charge in [0.25, 0.3) is 0 Å². The van der Waals surface area contributed by atoms with Gasteiger partial charge in [0.15, 0.2) is 0 Å². The summed E-state index contributed by atoms with van der Waals surface area (Å²) in [6.45, 7) is 5.91. The Bertz CT molecular complexity index is 186. The lowest BCUT2D eigenvalue weighted by atomic mass is 9.92. The molecular weight excluding hydrogens is 188 g/mol. The summed E-state index contributed by atoms with van der Waals surface area (Å²) < 4.78 is 0. The van der Waals surface area contributed by atoms with Crippen LogP contribution in [0.15, 0.2) is 0 Å². The van der Waals surface area contributed by atoms with Crippen LogP contribution < -0.4 is 5.73 Å². The maximum Gasteiger partial charge on any atom is 0.217 e. The second kappa shape index (κ2) is 6.83. The molecule has 0 bridgehead atoms. The first-order valence-corrected chi connectivity index (χ1v) is 6.23. The highest BCUT2D eigenvalue weighted by Crippen LogP contribution is 2.21. The second-order valence-electron chi connectivity index (χ2n) is 4.64. The number of carbonyl (C=O) groups excluding carboxylic acids is 1. The Morgan fingerprint density at radius 2 is 2.07 bits per heavy atom. The van der Waals surface area contributed by atoms with Crippen LogP contribution in [0.2, 0.25) is 0 Å². The highest BCUT2D eigenvalue weighted by molar-refractivity contribution is 5.73. The lowest BCUT2D eigenvalue weighted by Gasteiger charge is -2.31. The lowest BCUT2D eigenvalue weighted by Crippen LogP contribution is -2.34. The van der Waals surface area contributed by atoms with Gasteiger partial charge in [0.2, 0.25) is 5.91 Å². The average molecular weight is 212 g/mol. The molecule has 0 atom stereocenters. The molecule has 1 aliphatic rings. The predicted octanol–water partition coefficient (Wildman–Crippen LogP) is 1.76. The van der Waals surface area contributed by atoms with E-state index >= 15 is 0 Å². The van der Waals surface area contributed by atoms with Crippen LogP contribution in [0.4, 0.5) is 0 Å². The van der Waals surface area contributed by atoms with E-state index in [2.05, 4.69) is 11.8 Å². The smallest absolute Gasteiger partial charge is 0.217 e. The fourth-order valence-electron chi connectivity index (χ4n) is 2.23. The molecule has 0 unspecified atom stereocenters. The summed E-state index contributed by atoms with van der Waals surface area (Å²) in [4.78, 5) is 13.2. The van der Waals surface area contributed by atoms with Crippen LogP contribution in [0.3, 0.4) is 0 Å². The number of rotatable bonds is 6. The predicted molar refractivity (Wildman–Crippen MR) is 62.5 cm³/mol. The highest BCUT2D eigenvalue weighted by Gasteiger charge is 2.18. The molecule has 0 aliphatic carbocycles. The summed E-state index contributed by atoms with van der Waals surface area (Å²) >= 11 is 0. The highest BCUT2D eigenvalue weighted by atomic mass is 16.1. The molecule has 1 fully saturated rings. The van der Waals surface area contributed by atoms with E-state index in [-0.39, 0.29) is 5.91 Å². The molecular formula is C12H24N2O. The molecule has 1 heterocycles. The van der Waals surface area contributed by atoms with E-state index < -0.39 is 0 Å². The third-order valence-corrected chi connectivity index (χ3v) is 3.33. The number of hydrogen-bond acceptors (Lipinski definition) is 2. The van der Waals surface area contributed by atoms with Gasteiger partial charge in [-0.1, -0.05) is 13.3 Å². The van der Waals surface area contributed by atoms with Crippen molar-refractivity contribution in [3.63, 3.8) is 0 Å². The molecule has 1 rings (SSSR count). The molecule has 3 nitrogen and oxygen atoms in total. The molecule has 15 heavy (non-hydrogen) atoms. The Balaban J connectivity index is 2.09. The minimum Gasteiger partial charge on any atom is -0.370 e. The maximum atomic E-state index is 10.7. The van der Waals surface area contributed by atoms with E-state index in [0.29, 0.717) is 6.42 Å². The van der Waals surface area contributed by atoms with Crippen LogP contribution >= 0.6 is 0 Å². The largest absolute Gasteiger partial charge is 0.370 e. The van der Waals surface area contributed by atoms with Crippen LogP contribution in [0, 0.1) is 5.92 Å². The normalized spacial score (nSPS) is 19.3. The van der Waals surface area contributed by atoms with Gasteiger partial charge in [-0.3, -0.25) is 4.79 Å². The van der Waals surface area contributed by atoms with Crippen LogP contribution in [-0.4, -0.2) is 30.4 Å². The third kappa shape index (κ3) is 5.17. The monoisotopic (exact) mass is 212 g/mol. The van der Waals surface area contributed by atoms with Crippen molar-refractivity contribution in [1.82, 2.24) is 4.90 Å². The first-order valence-electron chi connectivity index (χ1n) is 6.23. The van der Waals surface area contributed by atoms with Crippen molar-refractivity contribution in [2.24, 2.45) is 11.7 Å². The van der Waals surface area contributed by atoms with Crippen molar-refractivity contribution < 1.29 is 4.79 Å².